The second-order valence-corrected chi connectivity index (χ2v) is 3.06. The minimum Gasteiger partial charge on any atom is -0.448 e. The van der Waals surface area contributed by atoms with Gasteiger partial charge in [-0.2, -0.15) is 0 Å². The van der Waals surface area contributed by atoms with Gasteiger partial charge in [-0.05, 0) is 6.92 Å². The topological polar surface area (TPSA) is 151 Å². The Hall–Kier alpha value is -1.71. The van der Waals surface area contributed by atoms with Crippen molar-refractivity contribution in [3.05, 3.63) is 0 Å². The fourth-order valence-electron chi connectivity index (χ4n) is 0.920. The van der Waals surface area contributed by atoms with E-state index in [9.17, 15) is 14.4 Å². The van der Waals surface area contributed by atoms with Crippen LogP contribution in [0.3, 0.4) is 0 Å². The minimum absolute atomic E-state index is 0.491. The van der Waals surface area contributed by atoms with Crippen molar-refractivity contribution >= 4 is 17.8 Å². The molecule has 0 aromatic rings. The molecule has 0 saturated carbocycles. The van der Waals surface area contributed by atoms with E-state index in [0.29, 0.717) is 0 Å². The van der Waals surface area contributed by atoms with E-state index in [0.717, 1.165) is 6.92 Å². The number of hydroxylamine groups is 2. The van der Waals surface area contributed by atoms with E-state index in [1.54, 1.807) is 0 Å². The quantitative estimate of drug-likeness (QED) is 0.203. The number of esters is 1. The van der Waals surface area contributed by atoms with Crippen LogP contribution in [0.4, 0.5) is 0 Å². The predicted molar refractivity (Wildman–Crippen MR) is 48.0 cm³/mol. The molecule has 92 valence electrons. The first-order valence-corrected chi connectivity index (χ1v) is 4.19. The van der Waals surface area contributed by atoms with Gasteiger partial charge in [0.1, 0.15) is 0 Å². The van der Waals surface area contributed by atoms with Crippen LogP contribution in [0.15, 0.2) is 0 Å². The molecule has 0 aliphatic heterocycles. The lowest BCUT2D eigenvalue weighted by atomic mass is 10.0. The Morgan fingerprint density at radius 1 is 1.31 bits per heavy atom. The third kappa shape index (κ3) is 3.81. The fourth-order valence-corrected chi connectivity index (χ4v) is 0.920. The van der Waals surface area contributed by atoms with Gasteiger partial charge in [0.15, 0.2) is 5.60 Å². The number of carbonyl (C=O) groups excluding carboxylic acids is 3. The molecular weight excluding hydrogens is 222 g/mol. The van der Waals surface area contributed by atoms with E-state index in [2.05, 4.69) is 4.74 Å². The number of amides is 2. The van der Waals surface area contributed by atoms with Crippen LogP contribution in [0.1, 0.15) is 13.3 Å². The van der Waals surface area contributed by atoms with Gasteiger partial charge in [0.25, 0.3) is 5.91 Å². The van der Waals surface area contributed by atoms with Crippen LogP contribution in [0.25, 0.3) is 0 Å². The summed E-state index contributed by atoms with van der Waals surface area (Å²) in [5.41, 5.74) is 5.53. The summed E-state index contributed by atoms with van der Waals surface area (Å²) in [6, 6.07) is 0. The molecule has 0 fully saturated rings. The first kappa shape index (κ1) is 14.3. The smallest absolute Gasteiger partial charge is 0.320 e. The number of nitrogens with two attached hydrogens (primary N) is 1. The Morgan fingerprint density at radius 3 is 2.25 bits per heavy atom. The minimum atomic E-state index is -1.95. The zero-order valence-electron chi connectivity index (χ0n) is 8.52. The van der Waals surface area contributed by atoms with Crippen molar-refractivity contribution in [3.8, 4) is 0 Å². The molecule has 0 radical (unpaired) electrons. The molecule has 0 rings (SSSR count). The van der Waals surface area contributed by atoms with Gasteiger partial charge in [-0.3, -0.25) is 24.8 Å². The second-order valence-electron chi connectivity index (χ2n) is 3.06. The normalized spacial score (nSPS) is 13.5. The highest BCUT2D eigenvalue weighted by molar-refractivity contribution is 5.92. The number of nitrogens with one attached hydrogen (secondary N) is 2. The van der Waals surface area contributed by atoms with E-state index in [1.807, 2.05) is 0 Å². The Kier molecular flexibility index (Phi) is 5.36. The van der Waals surface area contributed by atoms with Crippen molar-refractivity contribution in [2.75, 3.05) is 6.54 Å². The SMILES string of the molecule is CC(CC(=O)NO)(OC(=O)CN)C(=O)NO. The van der Waals surface area contributed by atoms with Crippen LogP contribution in [0, 0.1) is 0 Å². The number of hydrogen-bond acceptors (Lipinski definition) is 7. The zero-order chi connectivity index (χ0) is 12.8. The van der Waals surface area contributed by atoms with Crippen LogP contribution < -0.4 is 16.7 Å². The van der Waals surface area contributed by atoms with E-state index in [4.69, 9.17) is 16.1 Å². The molecule has 1 atom stereocenters. The molecular formula is C7H13N3O6. The molecule has 9 heteroatoms. The van der Waals surface area contributed by atoms with Gasteiger partial charge in [0.2, 0.25) is 5.91 Å². The van der Waals surface area contributed by atoms with Crippen LogP contribution in [-0.2, 0) is 19.1 Å². The highest BCUT2D eigenvalue weighted by atomic mass is 16.6. The van der Waals surface area contributed by atoms with Gasteiger partial charge >= 0.3 is 5.97 Å². The average Bonchev–Trinajstić information content (AvgIpc) is 2.27. The molecule has 2 amide bonds. The Labute approximate surface area is 90.5 Å². The molecule has 16 heavy (non-hydrogen) atoms. The average molecular weight is 235 g/mol. The van der Waals surface area contributed by atoms with Crippen molar-refractivity contribution in [1.29, 1.82) is 0 Å². The van der Waals surface area contributed by atoms with E-state index in [-0.39, 0.29) is 0 Å². The third-order valence-electron chi connectivity index (χ3n) is 1.71. The van der Waals surface area contributed by atoms with Crippen molar-refractivity contribution in [2.45, 2.75) is 18.9 Å². The lowest BCUT2D eigenvalue weighted by Crippen LogP contribution is -2.50. The van der Waals surface area contributed by atoms with Crippen molar-refractivity contribution in [2.24, 2.45) is 5.73 Å². The first-order chi connectivity index (χ1) is 7.39. The summed E-state index contributed by atoms with van der Waals surface area (Å²) in [5.74, 6) is -3.01. The standard InChI is InChI=1S/C7H13N3O6/c1-7(6(13)10-15,2-4(11)9-14)16-5(12)3-8/h14-15H,2-3,8H2,1H3,(H,9,11)(H,10,13). The van der Waals surface area contributed by atoms with Crippen molar-refractivity contribution < 1.29 is 29.5 Å². The number of rotatable bonds is 5. The summed E-state index contributed by atoms with van der Waals surface area (Å²) < 4.78 is 4.60. The van der Waals surface area contributed by atoms with Gasteiger partial charge < -0.3 is 10.5 Å². The van der Waals surface area contributed by atoms with Gasteiger partial charge in [-0.1, -0.05) is 0 Å². The highest BCUT2D eigenvalue weighted by Crippen LogP contribution is 2.16. The maximum absolute atomic E-state index is 11.2. The Morgan fingerprint density at radius 2 is 1.88 bits per heavy atom. The van der Waals surface area contributed by atoms with Gasteiger partial charge in [-0.25, -0.2) is 11.0 Å². The van der Waals surface area contributed by atoms with Crippen molar-refractivity contribution in [1.82, 2.24) is 11.0 Å². The molecule has 0 aliphatic rings. The molecule has 0 spiro atoms. The molecule has 0 saturated heterocycles. The molecule has 9 nitrogen and oxygen atoms in total. The van der Waals surface area contributed by atoms with E-state index < -0.39 is 36.4 Å². The number of hydrogen-bond donors (Lipinski definition) is 5. The summed E-state index contributed by atoms with van der Waals surface area (Å²) in [6.45, 7) is 0.594. The van der Waals surface area contributed by atoms with Crippen LogP contribution in [0.2, 0.25) is 0 Å². The lowest BCUT2D eigenvalue weighted by molar-refractivity contribution is -0.172. The predicted octanol–water partition coefficient (Wildman–Crippen LogP) is -2.35. The monoisotopic (exact) mass is 235 g/mol. The number of carbonyl (C=O) groups is 3. The van der Waals surface area contributed by atoms with Crippen molar-refractivity contribution in [3.63, 3.8) is 0 Å². The van der Waals surface area contributed by atoms with Crippen LogP contribution in [0.5, 0.6) is 0 Å². The Balaban J connectivity index is 4.81. The molecule has 0 bridgehead atoms. The number of ether oxygens (including phenoxy) is 1. The van der Waals surface area contributed by atoms with Crippen LogP contribution in [-0.4, -0.2) is 40.3 Å². The summed E-state index contributed by atoms with van der Waals surface area (Å²) in [6.07, 6.45) is -0.665. The summed E-state index contributed by atoms with van der Waals surface area (Å²) in [5, 5.41) is 16.7. The fraction of sp³-hybridized carbons (Fsp3) is 0.571. The van der Waals surface area contributed by atoms with E-state index in [1.165, 1.54) is 11.0 Å². The van der Waals surface area contributed by atoms with Gasteiger partial charge in [0.05, 0.1) is 13.0 Å². The molecule has 0 aliphatic carbocycles. The molecule has 1 unspecified atom stereocenters. The van der Waals surface area contributed by atoms with Gasteiger partial charge in [0, 0.05) is 0 Å². The molecule has 6 N–H and O–H groups in total. The first-order valence-electron chi connectivity index (χ1n) is 4.19. The maximum Gasteiger partial charge on any atom is 0.320 e. The zero-order valence-corrected chi connectivity index (χ0v) is 8.52. The molecule has 0 heterocycles. The molecule has 0 aromatic carbocycles. The third-order valence-corrected chi connectivity index (χ3v) is 1.71. The second kappa shape index (κ2) is 6.00. The maximum atomic E-state index is 11.2. The molecule has 0 aromatic heterocycles. The lowest BCUT2D eigenvalue weighted by Gasteiger charge is -2.25. The largest absolute Gasteiger partial charge is 0.448 e. The van der Waals surface area contributed by atoms with Gasteiger partial charge in [-0.15, -0.1) is 0 Å². The summed E-state index contributed by atoms with van der Waals surface area (Å²) >= 11 is 0. The van der Waals surface area contributed by atoms with Crippen LogP contribution >= 0.6 is 0 Å². The summed E-state index contributed by atoms with van der Waals surface area (Å²) in [7, 11) is 0. The highest BCUT2D eigenvalue weighted by Gasteiger charge is 2.39. The Bertz CT molecular complexity index is 274. The summed E-state index contributed by atoms with van der Waals surface area (Å²) in [4.78, 5) is 33.0. The van der Waals surface area contributed by atoms with E-state index >= 15 is 0 Å².